The summed E-state index contributed by atoms with van der Waals surface area (Å²) in [5, 5.41) is 48.5. The van der Waals surface area contributed by atoms with Crippen molar-refractivity contribution >= 4 is 17.5 Å². The number of phenolic OH excluding ortho intramolecular Hbond substituents is 1. The van der Waals surface area contributed by atoms with Gasteiger partial charge in [0.2, 0.25) is 11.8 Å². The number of hydrogen-bond donors (Lipinski definition) is 5. The van der Waals surface area contributed by atoms with Gasteiger partial charge in [-0.2, -0.15) is 0 Å². The molecular weight excluding hydrogens is 576 g/mol. The Morgan fingerprint density at radius 3 is 1.91 bits per heavy atom. The zero-order valence-electron chi connectivity index (χ0n) is 26.2. The van der Waals surface area contributed by atoms with E-state index in [0.29, 0.717) is 19.5 Å². The van der Waals surface area contributed by atoms with Gasteiger partial charge in [0.1, 0.15) is 12.1 Å². The van der Waals surface area contributed by atoms with Crippen molar-refractivity contribution < 1.29 is 29.8 Å². The largest absolute Gasteiger partial charge is 0.502 e. The van der Waals surface area contributed by atoms with Gasteiger partial charge in [-0.15, -0.1) is 0 Å². The number of phenols is 1. The van der Waals surface area contributed by atoms with E-state index in [2.05, 4.69) is 10.6 Å². The Bertz CT molecular complexity index is 1360. The maximum Gasteiger partial charge on any atom is 0.311 e. The van der Waals surface area contributed by atoms with Gasteiger partial charge in [-0.25, -0.2) is 0 Å². The Hall–Kier alpha value is -4.32. The molecule has 0 aromatic heterocycles. The zero-order chi connectivity index (χ0) is 33.1. The smallest absolute Gasteiger partial charge is 0.311 e. The molecule has 0 saturated carbocycles. The summed E-state index contributed by atoms with van der Waals surface area (Å²) < 4.78 is 0. The standard InChI is InChI=1S/C34H44N4O7/c1-22(2)17-27(33(42)35-19-30(40)26-15-16-29(39)28(18-26)38(44)45)36-34(43)31(32(41)23(3)4)37(20-24-11-7-5-8-12-24)21-25-13-9-6-10-14-25/h5-16,18,22-23,27,30-32,39-41H,17,19-21H2,1-4H3,(H,35,42)(H,36,43)/t27-,30-,31-,32-/m0/s1. The second-order valence-electron chi connectivity index (χ2n) is 12.0. The minimum Gasteiger partial charge on any atom is -0.502 e. The molecule has 0 aliphatic carbocycles. The quantitative estimate of drug-likeness (QED) is 0.118. The highest BCUT2D eigenvalue weighted by Gasteiger charge is 2.37. The summed E-state index contributed by atoms with van der Waals surface area (Å²) in [6.45, 7) is 7.97. The van der Waals surface area contributed by atoms with E-state index in [-0.39, 0.29) is 23.9 Å². The first-order chi connectivity index (χ1) is 21.4. The van der Waals surface area contributed by atoms with Crippen LogP contribution in [0.4, 0.5) is 5.69 Å². The molecule has 3 aromatic carbocycles. The maximum absolute atomic E-state index is 14.1. The number of aromatic hydroxyl groups is 1. The molecule has 45 heavy (non-hydrogen) atoms. The number of benzene rings is 3. The molecule has 11 heteroatoms. The summed E-state index contributed by atoms with van der Waals surface area (Å²) in [6.07, 6.45) is -2.06. The van der Waals surface area contributed by atoms with Gasteiger partial charge in [0.05, 0.1) is 17.1 Å². The normalized spacial score (nSPS) is 14.2. The van der Waals surface area contributed by atoms with Crippen LogP contribution in [0, 0.1) is 22.0 Å². The Morgan fingerprint density at radius 1 is 0.867 bits per heavy atom. The summed E-state index contributed by atoms with van der Waals surface area (Å²) in [5.41, 5.74) is 1.50. The van der Waals surface area contributed by atoms with Gasteiger partial charge in [0, 0.05) is 25.7 Å². The van der Waals surface area contributed by atoms with Crippen molar-refractivity contribution in [3.8, 4) is 5.75 Å². The van der Waals surface area contributed by atoms with Gasteiger partial charge in [-0.1, -0.05) is 94.4 Å². The molecule has 0 heterocycles. The molecule has 0 bridgehead atoms. The molecule has 3 aromatic rings. The van der Waals surface area contributed by atoms with Crippen molar-refractivity contribution in [1.29, 1.82) is 0 Å². The Morgan fingerprint density at radius 2 is 1.42 bits per heavy atom. The number of nitrogens with zero attached hydrogens (tertiary/aromatic N) is 2. The molecule has 3 rings (SSSR count). The monoisotopic (exact) mass is 620 g/mol. The lowest BCUT2D eigenvalue weighted by atomic mass is 9.95. The van der Waals surface area contributed by atoms with Crippen LogP contribution in [0.2, 0.25) is 0 Å². The fraction of sp³-hybridized carbons (Fsp3) is 0.412. The van der Waals surface area contributed by atoms with Gasteiger partial charge < -0.3 is 26.0 Å². The average molecular weight is 621 g/mol. The number of nitrogens with one attached hydrogen (secondary N) is 2. The lowest BCUT2D eigenvalue weighted by Crippen LogP contribution is -2.58. The van der Waals surface area contributed by atoms with Crippen molar-refractivity contribution in [3.05, 3.63) is 106 Å². The topological polar surface area (TPSA) is 165 Å². The average Bonchev–Trinajstić information content (AvgIpc) is 3.00. The summed E-state index contributed by atoms with van der Waals surface area (Å²) in [6, 6.07) is 20.8. The third-order valence-electron chi connectivity index (χ3n) is 7.52. The number of carbonyl (C=O) groups is 2. The van der Waals surface area contributed by atoms with E-state index >= 15 is 0 Å². The van der Waals surface area contributed by atoms with E-state index in [1.165, 1.54) is 6.07 Å². The first-order valence-corrected chi connectivity index (χ1v) is 15.1. The molecule has 0 spiro atoms. The highest BCUT2D eigenvalue weighted by atomic mass is 16.6. The summed E-state index contributed by atoms with van der Waals surface area (Å²) in [5.74, 6) is -1.83. The van der Waals surface area contributed by atoms with Gasteiger partial charge in [0.15, 0.2) is 5.75 Å². The molecule has 2 amide bonds. The van der Waals surface area contributed by atoms with Crippen LogP contribution in [0.3, 0.4) is 0 Å². The van der Waals surface area contributed by atoms with Gasteiger partial charge in [-0.3, -0.25) is 24.6 Å². The van der Waals surface area contributed by atoms with Crippen molar-refractivity contribution in [2.45, 2.75) is 71.5 Å². The van der Waals surface area contributed by atoms with Crippen LogP contribution in [0.15, 0.2) is 78.9 Å². The first kappa shape index (κ1) is 35.2. The first-order valence-electron chi connectivity index (χ1n) is 15.1. The van der Waals surface area contributed by atoms with Crippen LogP contribution in [0.25, 0.3) is 0 Å². The Kier molecular flexibility index (Phi) is 13.0. The molecule has 0 unspecified atom stereocenters. The van der Waals surface area contributed by atoms with Crippen LogP contribution in [-0.2, 0) is 22.7 Å². The fourth-order valence-corrected chi connectivity index (χ4v) is 5.08. The summed E-state index contributed by atoms with van der Waals surface area (Å²) >= 11 is 0. The number of rotatable bonds is 16. The molecular formula is C34H44N4O7. The molecule has 242 valence electrons. The minimum absolute atomic E-state index is 0.0175. The maximum atomic E-state index is 14.1. The highest BCUT2D eigenvalue weighted by Crippen LogP contribution is 2.29. The van der Waals surface area contributed by atoms with E-state index in [4.69, 9.17) is 0 Å². The number of hydrogen-bond acceptors (Lipinski definition) is 8. The van der Waals surface area contributed by atoms with Crippen LogP contribution in [-0.4, -0.2) is 61.7 Å². The zero-order valence-corrected chi connectivity index (χ0v) is 26.2. The molecule has 0 saturated heterocycles. The highest BCUT2D eigenvalue weighted by molar-refractivity contribution is 5.90. The van der Waals surface area contributed by atoms with Crippen LogP contribution < -0.4 is 10.6 Å². The Balaban J connectivity index is 1.84. The molecule has 0 radical (unpaired) electrons. The van der Waals surface area contributed by atoms with E-state index in [1.807, 2.05) is 93.3 Å². The van der Waals surface area contributed by atoms with Crippen molar-refractivity contribution in [1.82, 2.24) is 15.5 Å². The van der Waals surface area contributed by atoms with Gasteiger partial charge in [0.25, 0.3) is 0 Å². The summed E-state index contributed by atoms with van der Waals surface area (Å²) in [7, 11) is 0. The van der Waals surface area contributed by atoms with Gasteiger partial charge >= 0.3 is 5.69 Å². The molecule has 4 atom stereocenters. The summed E-state index contributed by atoms with van der Waals surface area (Å²) in [4.78, 5) is 39.8. The third-order valence-corrected chi connectivity index (χ3v) is 7.52. The third kappa shape index (κ3) is 10.4. The van der Waals surface area contributed by atoms with Crippen molar-refractivity contribution in [2.75, 3.05) is 6.54 Å². The predicted molar refractivity (Wildman–Crippen MR) is 171 cm³/mol. The van der Waals surface area contributed by atoms with Crippen LogP contribution in [0.1, 0.15) is 56.9 Å². The molecule has 0 aliphatic rings. The SMILES string of the molecule is CC(C)C[C@H](NC(=O)[C@H]([C@@H](O)C(C)C)N(Cc1ccccc1)Cc1ccccc1)C(=O)NC[C@H](O)c1ccc(O)c([N+](=O)[O-])c1. The Labute approximate surface area is 264 Å². The second kappa shape index (κ2) is 16.7. The second-order valence-corrected chi connectivity index (χ2v) is 12.0. The molecule has 0 aliphatic heterocycles. The molecule has 5 N–H and O–H groups in total. The van der Waals surface area contributed by atoms with Crippen molar-refractivity contribution in [2.24, 2.45) is 11.8 Å². The minimum atomic E-state index is -1.30. The van der Waals surface area contributed by atoms with E-state index in [1.54, 1.807) is 0 Å². The van der Waals surface area contributed by atoms with Crippen LogP contribution in [0.5, 0.6) is 5.75 Å². The predicted octanol–water partition coefficient (Wildman–Crippen LogP) is 4.07. The lowest BCUT2D eigenvalue weighted by Gasteiger charge is -2.36. The molecule has 11 nitrogen and oxygen atoms in total. The van der Waals surface area contributed by atoms with E-state index < -0.39 is 52.5 Å². The van der Waals surface area contributed by atoms with Crippen LogP contribution >= 0.6 is 0 Å². The number of amides is 2. The lowest BCUT2D eigenvalue weighted by molar-refractivity contribution is -0.386. The van der Waals surface area contributed by atoms with E-state index in [9.17, 15) is 35.0 Å². The van der Waals surface area contributed by atoms with E-state index in [0.717, 1.165) is 23.3 Å². The number of nitro groups is 1. The number of carbonyl (C=O) groups excluding carboxylic acids is 2. The number of nitro benzene ring substituents is 1. The van der Waals surface area contributed by atoms with Gasteiger partial charge in [-0.05, 0) is 41.0 Å². The number of aliphatic hydroxyl groups excluding tert-OH is 2. The fourth-order valence-electron chi connectivity index (χ4n) is 5.08. The number of aliphatic hydroxyl groups is 2. The molecule has 0 fully saturated rings. The van der Waals surface area contributed by atoms with Crippen molar-refractivity contribution in [3.63, 3.8) is 0 Å².